The molecule has 1 N–H and O–H groups in total. The molecule has 20 heavy (non-hydrogen) atoms. The second-order valence-corrected chi connectivity index (χ2v) is 4.41. The summed E-state index contributed by atoms with van der Waals surface area (Å²) < 4.78 is 10.6. The molecule has 1 aliphatic rings. The van der Waals surface area contributed by atoms with Gasteiger partial charge < -0.3 is 14.8 Å². The fourth-order valence-corrected chi connectivity index (χ4v) is 2.00. The van der Waals surface area contributed by atoms with Crippen molar-refractivity contribution in [2.24, 2.45) is 0 Å². The molecule has 0 aliphatic carbocycles. The van der Waals surface area contributed by atoms with Crippen LogP contribution < -0.4 is 14.8 Å². The van der Waals surface area contributed by atoms with Crippen molar-refractivity contribution in [2.45, 2.75) is 6.42 Å². The lowest BCUT2D eigenvalue weighted by Gasteiger charge is -2.05. The van der Waals surface area contributed by atoms with E-state index in [0.717, 1.165) is 23.5 Å². The van der Waals surface area contributed by atoms with Gasteiger partial charge >= 0.3 is 0 Å². The van der Waals surface area contributed by atoms with Crippen molar-refractivity contribution in [1.82, 2.24) is 10.3 Å². The van der Waals surface area contributed by atoms with Gasteiger partial charge in [0.05, 0.1) is 0 Å². The standard InChI is InChI=1S/C15H14N2O3.H2/c18-15(12-3-1-2-7-16-12)17-8-6-11-4-5-13-14(9-11)20-10-19-13;/h1-5,7,9H,6,8,10H2,(H,17,18);1H. The normalized spacial score (nSPS) is 12.2. The first-order valence-electron chi connectivity index (χ1n) is 6.41. The maximum Gasteiger partial charge on any atom is 0.269 e. The van der Waals surface area contributed by atoms with Crippen LogP contribution in [0, 0.1) is 0 Å². The van der Waals surface area contributed by atoms with Crippen LogP contribution in [0.1, 0.15) is 17.5 Å². The average Bonchev–Trinajstić information content (AvgIpc) is 2.95. The van der Waals surface area contributed by atoms with Crippen LogP contribution in [0.15, 0.2) is 42.6 Å². The van der Waals surface area contributed by atoms with E-state index in [4.69, 9.17) is 9.47 Å². The molecular weight excluding hydrogens is 256 g/mol. The van der Waals surface area contributed by atoms with Gasteiger partial charge in [0, 0.05) is 14.2 Å². The lowest BCUT2D eigenvalue weighted by molar-refractivity contribution is 0.0949. The molecule has 0 fully saturated rings. The Labute approximate surface area is 118 Å². The number of rotatable bonds is 4. The van der Waals surface area contributed by atoms with E-state index in [0.29, 0.717) is 12.2 Å². The lowest BCUT2D eigenvalue weighted by Crippen LogP contribution is -2.26. The van der Waals surface area contributed by atoms with Gasteiger partial charge in [0.15, 0.2) is 11.5 Å². The third kappa shape index (κ3) is 2.71. The Morgan fingerprint density at radius 1 is 1.25 bits per heavy atom. The number of carbonyl (C=O) groups is 1. The molecule has 0 bridgehead atoms. The van der Waals surface area contributed by atoms with Crippen molar-refractivity contribution < 1.29 is 15.7 Å². The highest BCUT2D eigenvalue weighted by molar-refractivity contribution is 5.92. The van der Waals surface area contributed by atoms with E-state index < -0.39 is 0 Å². The quantitative estimate of drug-likeness (QED) is 0.925. The first kappa shape index (κ1) is 12.5. The Morgan fingerprint density at radius 3 is 3.00 bits per heavy atom. The zero-order chi connectivity index (χ0) is 13.8. The Bertz CT molecular complexity index is 620. The maximum absolute atomic E-state index is 11.8. The fourth-order valence-electron chi connectivity index (χ4n) is 2.00. The number of nitrogens with one attached hydrogen (secondary N) is 1. The van der Waals surface area contributed by atoms with Crippen molar-refractivity contribution in [3.63, 3.8) is 0 Å². The topological polar surface area (TPSA) is 60.5 Å². The van der Waals surface area contributed by atoms with E-state index in [2.05, 4.69) is 10.3 Å². The minimum atomic E-state index is -0.161. The van der Waals surface area contributed by atoms with Crippen molar-refractivity contribution in [2.75, 3.05) is 13.3 Å². The summed E-state index contributed by atoms with van der Waals surface area (Å²) in [6, 6.07) is 11.1. The number of benzene rings is 1. The minimum absolute atomic E-state index is 0. The summed E-state index contributed by atoms with van der Waals surface area (Å²) in [7, 11) is 0. The highest BCUT2D eigenvalue weighted by Crippen LogP contribution is 2.32. The summed E-state index contributed by atoms with van der Waals surface area (Å²) in [5.74, 6) is 1.37. The molecule has 2 aromatic rings. The number of amides is 1. The number of aromatic nitrogens is 1. The summed E-state index contributed by atoms with van der Waals surface area (Å²) in [6.45, 7) is 0.824. The number of carbonyl (C=O) groups excluding carboxylic acids is 1. The van der Waals surface area contributed by atoms with Gasteiger partial charge in [0.1, 0.15) is 5.69 Å². The van der Waals surface area contributed by atoms with Crippen LogP contribution in [-0.4, -0.2) is 24.2 Å². The van der Waals surface area contributed by atoms with Crippen molar-refractivity contribution >= 4 is 5.91 Å². The first-order valence-corrected chi connectivity index (χ1v) is 6.41. The zero-order valence-electron chi connectivity index (χ0n) is 10.8. The summed E-state index contributed by atoms with van der Waals surface area (Å²) in [4.78, 5) is 15.8. The van der Waals surface area contributed by atoms with Crippen LogP contribution in [0.3, 0.4) is 0 Å². The molecule has 104 valence electrons. The average molecular weight is 272 g/mol. The van der Waals surface area contributed by atoms with Gasteiger partial charge in [-0.25, -0.2) is 0 Å². The first-order chi connectivity index (χ1) is 9.83. The van der Waals surface area contributed by atoms with Crippen LogP contribution in [0.5, 0.6) is 11.5 Å². The molecule has 1 aromatic heterocycles. The predicted molar refractivity (Wildman–Crippen MR) is 75.0 cm³/mol. The van der Waals surface area contributed by atoms with Crippen LogP contribution in [-0.2, 0) is 6.42 Å². The maximum atomic E-state index is 11.8. The van der Waals surface area contributed by atoms with E-state index in [1.165, 1.54) is 0 Å². The van der Waals surface area contributed by atoms with Crippen molar-refractivity contribution in [3.8, 4) is 11.5 Å². The number of fused-ring (bicyclic) bond motifs is 1. The molecule has 3 rings (SSSR count). The molecular formula is C15H16N2O3. The molecule has 0 unspecified atom stereocenters. The van der Waals surface area contributed by atoms with E-state index in [9.17, 15) is 4.79 Å². The molecule has 1 aromatic carbocycles. The molecule has 0 radical (unpaired) electrons. The SMILES string of the molecule is O=C(NCCc1ccc2c(c1)OCO2)c1ccccn1.[HH]. The smallest absolute Gasteiger partial charge is 0.269 e. The third-order valence-corrected chi connectivity index (χ3v) is 3.03. The molecule has 0 saturated carbocycles. The molecule has 5 heteroatoms. The van der Waals surface area contributed by atoms with Gasteiger partial charge in [0.2, 0.25) is 6.79 Å². The van der Waals surface area contributed by atoms with Gasteiger partial charge in [-0.15, -0.1) is 0 Å². The molecule has 0 spiro atoms. The highest BCUT2D eigenvalue weighted by Gasteiger charge is 2.13. The van der Waals surface area contributed by atoms with Gasteiger partial charge in [0.25, 0.3) is 5.91 Å². The number of nitrogens with zero attached hydrogens (tertiary/aromatic N) is 1. The van der Waals surface area contributed by atoms with E-state index in [1.807, 2.05) is 18.2 Å². The Morgan fingerprint density at radius 2 is 2.15 bits per heavy atom. The van der Waals surface area contributed by atoms with Crippen LogP contribution in [0.4, 0.5) is 0 Å². The Balaban J connectivity index is 0.00000161. The van der Waals surface area contributed by atoms with Crippen LogP contribution in [0.2, 0.25) is 0 Å². The molecule has 1 amide bonds. The minimum Gasteiger partial charge on any atom is -0.454 e. The van der Waals surface area contributed by atoms with Crippen molar-refractivity contribution in [1.29, 1.82) is 0 Å². The third-order valence-electron chi connectivity index (χ3n) is 3.03. The van der Waals surface area contributed by atoms with Gasteiger partial charge in [-0.1, -0.05) is 12.1 Å². The fraction of sp³-hybridized carbons (Fsp3) is 0.200. The number of hydrogen-bond donors (Lipinski definition) is 1. The predicted octanol–water partition coefficient (Wildman–Crippen LogP) is 2.03. The Kier molecular flexibility index (Phi) is 3.50. The second-order valence-electron chi connectivity index (χ2n) is 4.41. The van der Waals surface area contributed by atoms with Gasteiger partial charge in [-0.3, -0.25) is 9.78 Å². The van der Waals surface area contributed by atoms with Gasteiger partial charge in [-0.2, -0.15) is 0 Å². The molecule has 1 aliphatic heterocycles. The zero-order valence-corrected chi connectivity index (χ0v) is 10.8. The number of pyridine rings is 1. The van der Waals surface area contributed by atoms with Gasteiger partial charge in [-0.05, 0) is 36.2 Å². The lowest BCUT2D eigenvalue weighted by atomic mass is 10.1. The van der Waals surface area contributed by atoms with Crippen molar-refractivity contribution in [3.05, 3.63) is 53.9 Å². The van der Waals surface area contributed by atoms with E-state index >= 15 is 0 Å². The molecule has 0 atom stereocenters. The highest BCUT2D eigenvalue weighted by atomic mass is 16.7. The monoisotopic (exact) mass is 272 g/mol. The molecule has 0 saturated heterocycles. The Hall–Kier alpha value is -2.56. The van der Waals surface area contributed by atoms with E-state index in [1.54, 1.807) is 24.4 Å². The summed E-state index contributed by atoms with van der Waals surface area (Å²) in [6.07, 6.45) is 2.34. The summed E-state index contributed by atoms with van der Waals surface area (Å²) in [5.41, 5.74) is 1.52. The van der Waals surface area contributed by atoms with Crippen LogP contribution >= 0.6 is 0 Å². The molecule has 5 nitrogen and oxygen atoms in total. The number of ether oxygens (including phenoxy) is 2. The van der Waals surface area contributed by atoms with E-state index in [-0.39, 0.29) is 14.1 Å². The van der Waals surface area contributed by atoms with Crippen LogP contribution in [0.25, 0.3) is 0 Å². The molecule has 2 heterocycles. The summed E-state index contributed by atoms with van der Waals surface area (Å²) in [5, 5.41) is 2.84. The largest absolute Gasteiger partial charge is 0.454 e. The summed E-state index contributed by atoms with van der Waals surface area (Å²) >= 11 is 0. The number of hydrogen-bond acceptors (Lipinski definition) is 4. The second kappa shape index (κ2) is 5.61.